The van der Waals surface area contributed by atoms with Gasteiger partial charge in [-0.3, -0.25) is 19.2 Å². The van der Waals surface area contributed by atoms with Crippen LogP contribution in [0.2, 0.25) is 0 Å². The minimum absolute atomic E-state index is 0. The van der Waals surface area contributed by atoms with E-state index in [1.54, 1.807) is 0 Å². The van der Waals surface area contributed by atoms with Crippen molar-refractivity contribution in [2.75, 3.05) is 26.2 Å². The first-order valence-electron chi connectivity index (χ1n) is 4.70. The van der Waals surface area contributed by atoms with Crippen LogP contribution in [0.25, 0.3) is 0 Å². The van der Waals surface area contributed by atoms with Crippen molar-refractivity contribution in [2.45, 2.75) is 0 Å². The fraction of sp³-hybridized carbons (Fsp3) is 0.500. The van der Waals surface area contributed by atoms with E-state index < -0.39 is 23.8 Å². The molecule has 0 aromatic heterocycles. The molecule has 0 aromatic rings. The summed E-state index contributed by atoms with van der Waals surface area (Å²) in [6, 6.07) is 0. The maximum absolute atomic E-state index is 10.2. The van der Waals surface area contributed by atoms with E-state index in [0.29, 0.717) is 0 Å². The number of rotatable bonds is 6. The van der Waals surface area contributed by atoms with Crippen LogP contribution in [0.3, 0.4) is 0 Å². The molecule has 0 aliphatic heterocycles. The maximum atomic E-state index is 10.2. The van der Waals surface area contributed by atoms with Gasteiger partial charge in [0.1, 0.15) is 13.1 Å². The van der Waals surface area contributed by atoms with E-state index in [-0.39, 0.29) is 53.5 Å². The summed E-state index contributed by atoms with van der Waals surface area (Å²) >= 11 is 0. The molecule has 0 radical (unpaired) electrons. The molecule has 0 spiro atoms. The minimum Gasteiger partial charge on any atom is -0.480 e. The third kappa shape index (κ3) is 22.4. The van der Waals surface area contributed by atoms with Crippen LogP contribution in [0.5, 0.6) is 0 Å². The predicted octanol–water partition coefficient (Wildman–Crippen LogP) is -3.71. The minimum atomic E-state index is -1.07. The second-order valence-corrected chi connectivity index (χ2v) is 2.75. The molecule has 2 amide bonds. The van der Waals surface area contributed by atoms with Gasteiger partial charge in [0.05, 0.1) is 13.1 Å². The molecule has 0 bridgehead atoms. The molecule has 0 unspecified atom stereocenters. The standard InChI is InChI=1S/2C4H8N2O3.Cd/c2*5-1-3(7)6-2-4(8)9;/h2*1-2,5H2,(H,6,7)(H,8,9);. The number of amides is 2. The molecule has 10 nitrogen and oxygen atoms in total. The molecule has 0 fully saturated rings. The van der Waals surface area contributed by atoms with Gasteiger partial charge in [-0.2, -0.15) is 0 Å². The van der Waals surface area contributed by atoms with E-state index in [1.165, 1.54) is 0 Å². The van der Waals surface area contributed by atoms with Gasteiger partial charge < -0.3 is 32.3 Å². The third-order valence-corrected chi connectivity index (χ3v) is 1.24. The van der Waals surface area contributed by atoms with Crippen LogP contribution in [0, 0.1) is 0 Å². The molecule has 0 aromatic carbocycles. The average Bonchev–Trinajstić information content (AvgIpc) is 2.33. The van der Waals surface area contributed by atoms with Crippen LogP contribution in [0.1, 0.15) is 0 Å². The summed E-state index contributed by atoms with van der Waals surface area (Å²) in [5.74, 6) is -3.07. The van der Waals surface area contributed by atoms with Gasteiger partial charge in [-0.25, -0.2) is 0 Å². The Hall–Kier alpha value is -1.28. The normalized spacial score (nSPS) is 8.11. The summed E-state index contributed by atoms with van der Waals surface area (Å²) < 4.78 is 0. The second-order valence-electron chi connectivity index (χ2n) is 2.75. The molecule has 0 aliphatic carbocycles. The molecule has 0 aliphatic rings. The van der Waals surface area contributed by atoms with Crippen molar-refractivity contribution >= 4 is 23.8 Å². The van der Waals surface area contributed by atoms with Gasteiger partial charge >= 0.3 is 11.9 Å². The molecule has 0 saturated heterocycles. The van der Waals surface area contributed by atoms with Crippen LogP contribution < -0.4 is 22.1 Å². The first kappa shape index (κ1) is 22.9. The summed E-state index contributed by atoms with van der Waals surface area (Å²) in [5.41, 5.74) is 9.71. The van der Waals surface area contributed by atoms with Crippen molar-refractivity contribution in [3.8, 4) is 0 Å². The van der Waals surface area contributed by atoms with Crippen LogP contribution in [0.15, 0.2) is 0 Å². The van der Waals surface area contributed by atoms with E-state index in [1.807, 2.05) is 0 Å². The number of hydrogen-bond acceptors (Lipinski definition) is 6. The number of aliphatic carboxylic acids is 2. The van der Waals surface area contributed by atoms with Crippen LogP contribution in [0.4, 0.5) is 0 Å². The molecule has 11 heteroatoms. The molecular formula is C8H16CdN4O6. The summed E-state index contributed by atoms with van der Waals surface area (Å²) in [4.78, 5) is 40.0. The summed E-state index contributed by atoms with van der Waals surface area (Å²) in [6.07, 6.45) is 0. The van der Waals surface area contributed by atoms with Crippen molar-refractivity contribution in [3.05, 3.63) is 0 Å². The van der Waals surface area contributed by atoms with Gasteiger partial charge in [0.15, 0.2) is 0 Å². The van der Waals surface area contributed by atoms with Gasteiger partial charge in [0.25, 0.3) is 0 Å². The van der Waals surface area contributed by atoms with Gasteiger partial charge in [0.2, 0.25) is 11.8 Å². The molecule has 0 rings (SSSR count). The first-order valence-corrected chi connectivity index (χ1v) is 4.70. The fourth-order valence-corrected chi connectivity index (χ4v) is 0.493. The Morgan fingerprint density at radius 3 is 1.21 bits per heavy atom. The topological polar surface area (TPSA) is 185 Å². The van der Waals surface area contributed by atoms with Gasteiger partial charge in [0, 0.05) is 27.3 Å². The zero-order chi connectivity index (χ0) is 14.6. The van der Waals surface area contributed by atoms with E-state index in [2.05, 4.69) is 10.6 Å². The van der Waals surface area contributed by atoms with Crippen molar-refractivity contribution in [1.29, 1.82) is 0 Å². The Balaban J connectivity index is -0.000000256. The van der Waals surface area contributed by atoms with Gasteiger partial charge in [-0.1, -0.05) is 0 Å². The smallest absolute Gasteiger partial charge is 0.322 e. The van der Waals surface area contributed by atoms with Gasteiger partial charge in [-0.15, -0.1) is 0 Å². The molecule has 106 valence electrons. The van der Waals surface area contributed by atoms with E-state index in [4.69, 9.17) is 21.7 Å². The van der Waals surface area contributed by atoms with Crippen molar-refractivity contribution in [3.63, 3.8) is 0 Å². The largest absolute Gasteiger partial charge is 0.480 e. The van der Waals surface area contributed by atoms with E-state index in [0.717, 1.165) is 0 Å². The monoisotopic (exact) mass is 378 g/mol. The van der Waals surface area contributed by atoms with E-state index in [9.17, 15) is 19.2 Å². The van der Waals surface area contributed by atoms with Crippen LogP contribution in [-0.4, -0.2) is 60.1 Å². The Kier molecular flexibility index (Phi) is 17.8. The quantitative estimate of drug-likeness (QED) is 0.255. The zero-order valence-corrected chi connectivity index (χ0v) is 14.3. The molecule has 0 heterocycles. The summed E-state index contributed by atoms with van der Waals surface area (Å²) in [6.45, 7) is -1.08. The van der Waals surface area contributed by atoms with Crippen molar-refractivity contribution in [2.24, 2.45) is 11.5 Å². The van der Waals surface area contributed by atoms with Crippen LogP contribution >= 0.6 is 0 Å². The zero-order valence-electron chi connectivity index (χ0n) is 10.2. The number of nitrogens with one attached hydrogen (secondary N) is 2. The number of carbonyl (C=O) groups is 4. The second kappa shape index (κ2) is 14.8. The number of carboxylic acids is 2. The molecular weight excluding hydrogens is 361 g/mol. The molecule has 0 saturated carbocycles. The molecule has 19 heavy (non-hydrogen) atoms. The Labute approximate surface area is 129 Å². The molecule has 8 N–H and O–H groups in total. The summed E-state index contributed by atoms with van der Waals surface area (Å²) in [7, 11) is 0. The number of carboxylic acid groups (broad SMARTS) is 2. The van der Waals surface area contributed by atoms with Crippen LogP contribution in [-0.2, 0) is 46.5 Å². The first-order chi connectivity index (χ1) is 8.33. The number of nitrogens with two attached hydrogens (primary N) is 2. The van der Waals surface area contributed by atoms with Crippen molar-refractivity contribution < 1.29 is 56.7 Å². The number of hydrogen-bond donors (Lipinski definition) is 6. The summed E-state index contributed by atoms with van der Waals surface area (Å²) in [5, 5.41) is 20.1. The Bertz CT molecular complexity index is 282. The van der Waals surface area contributed by atoms with Gasteiger partial charge in [-0.05, 0) is 0 Å². The number of carbonyl (C=O) groups excluding carboxylic acids is 2. The molecule has 0 atom stereocenters. The van der Waals surface area contributed by atoms with Crippen molar-refractivity contribution in [1.82, 2.24) is 10.6 Å². The van der Waals surface area contributed by atoms with E-state index >= 15 is 0 Å². The Morgan fingerprint density at radius 2 is 1.05 bits per heavy atom. The average molecular weight is 377 g/mol. The predicted molar refractivity (Wildman–Crippen MR) is 59.4 cm³/mol. The fourth-order valence-electron chi connectivity index (χ4n) is 0.493. The SMILES string of the molecule is NCC(=O)NCC(=O)O.NCC(=O)NCC(=O)O.[Cd]. The Morgan fingerprint density at radius 1 is 0.789 bits per heavy atom. The third-order valence-electron chi connectivity index (χ3n) is 1.24. The maximum Gasteiger partial charge on any atom is 0.322 e.